The first-order chi connectivity index (χ1) is 10.0. The van der Waals surface area contributed by atoms with Crippen LogP contribution in [0, 0.1) is 0 Å². The van der Waals surface area contributed by atoms with Gasteiger partial charge >= 0.3 is 5.97 Å². The van der Waals surface area contributed by atoms with Crippen LogP contribution in [0.3, 0.4) is 0 Å². The lowest BCUT2D eigenvalue weighted by Gasteiger charge is -2.18. The molecule has 0 amide bonds. The molecule has 0 aromatic carbocycles. The van der Waals surface area contributed by atoms with Gasteiger partial charge in [-0.3, -0.25) is 9.36 Å². The molecule has 1 saturated heterocycles. The number of aromatic hydroxyl groups is 1. The molecule has 2 unspecified atom stereocenters. The van der Waals surface area contributed by atoms with Crippen LogP contribution in [0.15, 0.2) is 4.79 Å². The molecule has 7 nitrogen and oxygen atoms in total. The maximum absolute atomic E-state index is 12.1. The summed E-state index contributed by atoms with van der Waals surface area (Å²) < 4.78 is 11.5. The zero-order valence-electron chi connectivity index (χ0n) is 12.2. The van der Waals surface area contributed by atoms with Gasteiger partial charge < -0.3 is 14.6 Å². The first-order valence-electron chi connectivity index (χ1n) is 6.58. The number of esters is 1. The van der Waals surface area contributed by atoms with E-state index in [4.69, 9.17) is 9.47 Å². The Bertz CT molecular complexity index is 601. The minimum absolute atomic E-state index is 0.105. The van der Waals surface area contributed by atoms with E-state index in [2.05, 4.69) is 4.98 Å². The van der Waals surface area contributed by atoms with E-state index in [0.717, 1.165) is 0 Å². The Kier molecular flexibility index (Phi) is 4.89. The van der Waals surface area contributed by atoms with Gasteiger partial charge in [0.2, 0.25) is 5.75 Å². The van der Waals surface area contributed by atoms with E-state index in [9.17, 15) is 14.7 Å². The maximum Gasteiger partial charge on any atom is 0.361 e. The molecular formula is C13H18N2O5S. The van der Waals surface area contributed by atoms with Gasteiger partial charge in [-0.1, -0.05) is 0 Å². The summed E-state index contributed by atoms with van der Waals surface area (Å²) in [6.07, 6.45) is 1.96. The van der Waals surface area contributed by atoms with Crippen LogP contribution < -0.4 is 5.56 Å². The summed E-state index contributed by atoms with van der Waals surface area (Å²) in [5.41, 5.74) is -0.989. The van der Waals surface area contributed by atoms with Gasteiger partial charge in [0.05, 0.1) is 25.7 Å². The summed E-state index contributed by atoms with van der Waals surface area (Å²) >= 11 is 1.62. The van der Waals surface area contributed by atoms with Gasteiger partial charge in [0.25, 0.3) is 5.56 Å². The molecule has 8 heteroatoms. The Labute approximate surface area is 126 Å². The number of hydrogen-bond donors (Lipinski definition) is 1. The van der Waals surface area contributed by atoms with E-state index in [0.29, 0.717) is 19.0 Å². The van der Waals surface area contributed by atoms with Crippen molar-refractivity contribution in [1.29, 1.82) is 0 Å². The average molecular weight is 314 g/mol. The van der Waals surface area contributed by atoms with Crippen LogP contribution in [0.4, 0.5) is 0 Å². The van der Waals surface area contributed by atoms with Crippen molar-refractivity contribution in [3.8, 4) is 5.75 Å². The van der Waals surface area contributed by atoms with Crippen molar-refractivity contribution in [2.24, 2.45) is 7.05 Å². The quantitative estimate of drug-likeness (QED) is 0.810. The van der Waals surface area contributed by atoms with Crippen molar-refractivity contribution in [2.75, 3.05) is 26.1 Å². The van der Waals surface area contributed by atoms with E-state index >= 15 is 0 Å². The average Bonchev–Trinajstić information content (AvgIpc) is 2.93. The third-order valence-electron chi connectivity index (χ3n) is 3.43. The van der Waals surface area contributed by atoms with Crippen molar-refractivity contribution in [2.45, 2.75) is 18.1 Å². The van der Waals surface area contributed by atoms with E-state index in [-0.39, 0.29) is 23.5 Å². The molecule has 21 heavy (non-hydrogen) atoms. The number of carbonyl (C=O) groups excluding carboxylic acids is 1. The van der Waals surface area contributed by atoms with Crippen molar-refractivity contribution >= 4 is 17.7 Å². The number of carbonyl (C=O) groups is 1. The lowest BCUT2D eigenvalue weighted by molar-refractivity contribution is 0.0514. The van der Waals surface area contributed by atoms with E-state index in [1.165, 1.54) is 11.6 Å². The number of aromatic nitrogens is 2. The summed E-state index contributed by atoms with van der Waals surface area (Å²) in [6.45, 7) is 2.78. The molecule has 1 N–H and O–H groups in total. The Hall–Kier alpha value is -1.54. The molecule has 0 radical (unpaired) electrons. The molecule has 2 atom stereocenters. The predicted molar refractivity (Wildman–Crippen MR) is 78.0 cm³/mol. The van der Waals surface area contributed by atoms with Gasteiger partial charge in [-0.15, -0.1) is 0 Å². The van der Waals surface area contributed by atoms with E-state index < -0.39 is 17.3 Å². The van der Waals surface area contributed by atoms with E-state index in [1.54, 1.807) is 18.7 Å². The number of hydrogen-bond acceptors (Lipinski definition) is 7. The van der Waals surface area contributed by atoms with Crippen LogP contribution in [0.5, 0.6) is 5.75 Å². The molecule has 0 spiro atoms. The van der Waals surface area contributed by atoms with Gasteiger partial charge in [-0.05, 0) is 13.2 Å². The molecule has 2 heterocycles. The van der Waals surface area contributed by atoms with Gasteiger partial charge in [-0.25, -0.2) is 9.78 Å². The third-order valence-corrected chi connectivity index (χ3v) is 4.50. The molecule has 1 aliphatic rings. The minimum Gasteiger partial charge on any atom is -0.501 e. The molecular weight excluding hydrogens is 296 g/mol. The normalized spacial score (nSPS) is 21.5. The highest BCUT2D eigenvalue weighted by molar-refractivity contribution is 7.99. The fraction of sp³-hybridized carbons (Fsp3) is 0.615. The third kappa shape index (κ3) is 2.91. The Morgan fingerprint density at radius 3 is 2.90 bits per heavy atom. The highest BCUT2D eigenvalue weighted by atomic mass is 32.2. The molecule has 1 aromatic heterocycles. The molecule has 0 aliphatic carbocycles. The molecule has 116 valence electrons. The predicted octanol–water partition coefficient (Wildman–Crippen LogP) is 0.508. The van der Waals surface area contributed by atoms with Gasteiger partial charge in [-0.2, -0.15) is 11.8 Å². The van der Waals surface area contributed by atoms with Crippen LogP contribution in [0.2, 0.25) is 0 Å². The second-order valence-electron chi connectivity index (χ2n) is 4.67. The monoisotopic (exact) mass is 314 g/mol. The van der Waals surface area contributed by atoms with Gasteiger partial charge in [0.15, 0.2) is 5.69 Å². The molecule has 1 fully saturated rings. The van der Waals surface area contributed by atoms with Gasteiger partial charge in [0.1, 0.15) is 5.82 Å². The summed E-state index contributed by atoms with van der Waals surface area (Å²) in [4.78, 5) is 28.1. The Morgan fingerprint density at radius 1 is 1.57 bits per heavy atom. The SMILES string of the molecule is CCOC(=O)c1nc(C2COCC2SC)n(C)c(=O)c1O. The minimum atomic E-state index is -0.798. The highest BCUT2D eigenvalue weighted by Gasteiger charge is 2.34. The summed E-state index contributed by atoms with van der Waals surface area (Å²) in [7, 11) is 1.52. The number of nitrogens with zero attached hydrogens (tertiary/aromatic N) is 2. The van der Waals surface area contributed by atoms with Crippen molar-refractivity contribution in [3.63, 3.8) is 0 Å². The fourth-order valence-electron chi connectivity index (χ4n) is 2.29. The number of ether oxygens (including phenoxy) is 2. The first kappa shape index (κ1) is 15.8. The topological polar surface area (TPSA) is 90.7 Å². The van der Waals surface area contributed by atoms with Crippen molar-refractivity contribution < 1.29 is 19.4 Å². The largest absolute Gasteiger partial charge is 0.501 e. The highest BCUT2D eigenvalue weighted by Crippen LogP contribution is 2.32. The number of rotatable bonds is 4. The summed E-state index contributed by atoms with van der Waals surface area (Å²) in [6, 6.07) is 0. The second kappa shape index (κ2) is 6.48. The summed E-state index contributed by atoms with van der Waals surface area (Å²) in [5.74, 6) is -1.16. The Morgan fingerprint density at radius 2 is 2.29 bits per heavy atom. The molecule has 0 bridgehead atoms. The summed E-state index contributed by atoms with van der Waals surface area (Å²) in [5, 5.41) is 9.99. The van der Waals surface area contributed by atoms with Gasteiger partial charge in [0, 0.05) is 12.3 Å². The second-order valence-corrected chi connectivity index (χ2v) is 5.75. The lowest BCUT2D eigenvalue weighted by Crippen LogP contribution is -2.29. The zero-order valence-corrected chi connectivity index (χ0v) is 13.0. The zero-order chi connectivity index (χ0) is 15.6. The fourth-order valence-corrected chi connectivity index (χ4v) is 3.05. The van der Waals surface area contributed by atoms with Crippen LogP contribution in [-0.2, 0) is 16.5 Å². The van der Waals surface area contributed by atoms with E-state index in [1.807, 2.05) is 6.26 Å². The molecule has 1 aromatic rings. The molecule has 2 rings (SSSR count). The standard InChI is InChI=1S/C13H18N2O5S/c1-4-20-13(18)9-10(16)12(17)15(2)11(14-9)7-5-19-6-8(7)21-3/h7-8,16H,4-6H2,1-3H3. The Balaban J connectivity index is 2.51. The van der Waals surface area contributed by atoms with Crippen LogP contribution >= 0.6 is 11.8 Å². The first-order valence-corrected chi connectivity index (χ1v) is 7.87. The molecule has 1 aliphatic heterocycles. The smallest absolute Gasteiger partial charge is 0.361 e. The van der Waals surface area contributed by atoms with Crippen LogP contribution in [-0.4, -0.2) is 52.0 Å². The van der Waals surface area contributed by atoms with Crippen molar-refractivity contribution in [1.82, 2.24) is 9.55 Å². The molecule has 0 saturated carbocycles. The van der Waals surface area contributed by atoms with Crippen molar-refractivity contribution in [3.05, 3.63) is 21.9 Å². The maximum atomic E-state index is 12.1. The number of thioether (sulfide) groups is 1. The van der Waals surface area contributed by atoms with Crippen LogP contribution in [0.1, 0.15) is 29.2 Å². The lowest BCUT2D eigenvalue weighted by atomic mass is 10.1. The van der Waals surface area contributed by atoms with Crippen LogP contribution in [0.25, 0.3) is 0 Å².